The molecular formula is C26H22N2O3. The largest absolute Gasteiger partial charge is 0.488 e. The molecule has 3 aromatic carbocycles. The van der Waals surface area contributed by atoms with Gasteiger partial charge in [0.1, 0.15) is 12.4 Å². The van der Waals surface area contributed by atoms with Crippen LogP contribution in [0.15, 0.2) is 67.0 Å². The van der Waals surface area contributed by atoms with Crippen LogP contribution in [-0.4, -0.2) is 20.6 Å². The number of aromatic carboxylic acids is 1. The Bertz CT molecular complexity index is 1360. The smallest absolute Gasteiger partial charge is 0.335 e. The fourth-order valence-corrected chi connectivity index (χ4v) is 4.28. The summed E-state index contributed by atoms with van der Waals surface area (Å²) >= 11 is 0. The summed E-state index contributed by atoms with van der Waals surface area (Å²) in [6.45, 7) is 5.22. The highest BCUT2D eigenvalue weighted by Gasteiger charge is 2.20. The Hall–Kier alpha value is -3.86. The Balaban J connectivity index is 1.67. The molecule has 0 aliphatic carbocycles. The zero-order chi connectivity index (χ0) is 21.5. The van der Waals surface area contributed by atoms with E-state index in [1.165, 1.54) is 5.56 Å². The second kappa shape index (κ2) is 7.43. The maximum atomic E-state index is 11.6. The Morgan fingerprint density at radius 1 is 1.13 bits per heavy atom. The fourth-order valence-electron chi connectivity index (χ4n) is 4.28. The van der Waals surface area contributed by atoms with Crippen LogP contribution in [0.3, 0.4) is 0 Å². The van der Waals surface area contributed by atoms with Crippen molar-refractivity contribution < 1.29 is 14.6 Å². The van der Waals surface area contributed by atoms with Gasteiger partial charge in [-0.1, -0.05) is 36.4 Å². The summed E-state index contributed by atoms with van der Waals surface area (Å²) in [7, 11) is 0. The second-order valence-corrected chi connectivity index (χ2v) is 7.93. The minimum Gasteiger partial charge on any atom is -0.488 e. The van der Waals surface area contributed by atoms with Gasteiger partial charge in [0, 0.05) is 12.1 Å². The van der Waals surface area contributed by atoms with Crippen molar-refractivity contribution in [1.29, 1.82) is 0 Å². The van der Waals surface area contributed by atoms with Gasteiger partial charge in [0.2, 0.25) is 0 Å². The number of rotatable bonds is 3. The van der Waals surface area contributed by atoms with Crippen LogP contribution in [0, 0.1) is 13.8 Å². The zero-order valence-corrected chi connectivity index (χ0v) is 17.4. The first kappa shape index (κ1) is 19.1. The minimum atomic E-state index is -0.953. The van der Waals surface area contributed by atoms with E-state index in [1.54, 1.807) is 18.2 Å². The summed E-state index contributed by atoms with van der Waals surface area (Å²) in [5.74, 6) is -0.263. The zero-order valence-electron chi connectivity index (χ0n) is 17.4. The molecule has 1 aliphatic heterocycles. The summed E-state index contributed by atoms with van der Waals surface area (Å²) in [5, 5.41) is 9.52. The molecule has 0 spiro atoms. The molecule has 1 aliphatic rings. The van der Waals surface area contributed by atoms with Gasteiger partial charge in [-0.25, -0.2) is 9.78 Å². The summed E-state index contributed by atoms with van der Waals surface area (Å²) < 4.78 is 8.15. The summed E-state index contributed by atoms with van der Waals surface area (Å²) in [6.07, 6.45) is 4.00. The lowest BCUT2D eigenvalue weighted by atomic mass is 9.93. The van der Waals surface area contributed by atoms with Crippen molar-refractivity contribution in [2.24, 2.45) is 0 Å². The third-order valence-corrected chi connectivity index (χ3v) is 5.76. The van der Waals surface area contributed by atoms with Crippen molar-refractivity contribution in [2.75, 3.05) is 0 Å². The normalized spacial score (nSPS) is 14.1. The van der Waals surface area contributed by atoms with Crippen LogP contribution in [0.1, 0.15) is 38.2 Å². The Morgan fingerprint density at radius 3 is 2.81 bits per heavy atom. The lowest BCUT2D eigenvalue weighted by Crippen LogP contribution is -2.00. The Kier molecular flexibility index (Phi) is 4.59. The molecule has 0 bridgehead atoms. The molecule has 4 aromatic rings. The first-order valence-corrected chi connectivity index (χ1v) is 10.2. The Labute approximate surface area is 180 Å². The summed E-state index contributed by atoms with van der Waals surface area (Å²) in [5.41, 5.74) is 8.58. The number of imidazole rings is 1. The molecule has 5 rings (SSSR count). The van der Waals surface area contributed by atoms with Crippen molar-refractivity contribution in [2.45, 2.75) is 27.0 Å². The molecule has 0 unspecified atom stereocenters. The average molecular weight is 410 g/mol. The number of aromatic nitrogens is 2. The third-order valence-electron chi connectivity index (χ3n) is 5.76. The standard InChI is InChI=1S/C26H22N2O3/c1-16-11-17(2)25-23(12-16)28(15-27-25)10-9-21-20-6-4-3-5-19(20)14-31-24-8-7-18(26(29)30)13-22(21)24/h3-9,11-13,15H,10,14H2,1-2H3,(H,29,30). The van der Waals surface area contributed by atoms with E-state index in [0.717, 1.165) is 38.9 Å². The Morgan fingerprint density at radius 2 is 1.97 bits per heavy atom. The van der Waals surface area contributed by atoms with Crippen LogP contribution < -0.4 is 4.74 Å². The minimum absolute atomic E-state index is 0.243. The number of carbonyl (C=O) groups is 1. The van der Waals surface area contributed by atoms with E-state index < -0.39 is 5.97 Å². The first-order chi connectivity index (χ1) is 15.0. The molecule has 0 fully saturated rings. The van der Waals surface area contributed by atoms with Crippen molar-refractivity contribution in [3.63, 3.8) is 0 Å². The molecule has 0 saturated carbocycles. The van der Waals surface area contributed by atoms with E-state index in [9.17, 15) is 9.90 Å². The molecule has 5 heteroatoms. The lowest BCUT2D eigenvalue weighted by Gasteiger charge is -2.12. The van der Waals surface area contributed by atoms with E-state index >= 15 is 0 Å². The van der Waals surface area contributed by atoms with E-state index in [4.69, 9.17) is 4.74 Å². The quantitative estimate of drug-likeness (QED) is 0.493. The predicted octanol–water partition coefficient (Wildman–Crippen LogP) is 5.38. The number of hydrogen-bond donors (Lipinski definition) is 1. The number of carboxylic acids is 1. The summed E-state index contributed by atoms with van der Waals surface area (Å²) in [6, 6.07) is 17.4. The average Bonchev–Trinajstić information content (AvgIpc) is 3.09. The molecule has 5 nitrogen and oxygen atoms in total. The number of benzene rings is 3. The van der Waals surface area contributed by atoms with Gasteiger partial charge in [-0.2, -0.15) is 0 Å². The van der Waals surface area contributed by atoms with Gasteiger partial charge in [-0.15, -0.1) is 0 Å². The van der Waals surface area contributed by atoms with Gasteiger partial charge >= 0.3 is 5.97 Å². The topological polar surface area (TPSA) is 64.4 Å². The molecule has 1 N–H and O–H groups in total. The molecule has 0 amide bonds. The highest BCUT2D eigenvalue weighted by atomic mass is 16.5. The number of hydrogen-bond acceptors (Lipinski definition) is 3. The van der Waals surface area contributed by atoms with Gasteiger partial charge in [0.25, 0.3) is 0 Å². The van der Waals surface area contributed by atoms with E-state index in [0.29, 0.717) is 18.9 Å². The van der Waals surface area contributed by atoms with Crippen LogP contribution in [0.5, 0.6) is 5.75 Å². The molecule has 0 atom stereocenters. The van der Waals surface area contributed by atoms with Crippen LogP contribution in [0.25, 0.3) is 16.6 Å². The van der Waals surface area contributed by atoms with Crippen molar-refractivity contribution in [3.8, 4) is 5.75 Å². The molecule has 0 radical (unpaired) electrons. The van der Waals surface area contributed by atoms with E-state index in [2.05, 4.69) is 47.7 Å². The predicted molar refractivity (Wildman–Crippen MR) is 120 cm³/mol. The number of carboxylic acid groups (broad SMARTS) is 1. The highest BCUT2D eigenvalue weighted by molar-refractivity contribution is 5.92. The number of allylic oxidation sites excluding steroid dienone is 1. The van der Waals surface area contributed by atoms with Crippen molar-refractivity contribution >= 4 is 22.6 Å². The molecule has 31 heavy (non-hydrogen) atoms. The number of nitrogens with zero attached hydrogens (tertiary/aromatic N) is 2. The van der Waals surface area contributed by atoms with Gasteiger partial charge in [0.05, 0.1) is 22.9 Å². The molecule has 0 saturated heterocycles. The number of aryl methyl sites for hydroxylation is 2. The monoisotopic (exact) mass is 410 g/mol. The van der Waals surface area contributed by atoms with E-state index in [1.807, 2.05) is 24.5 Å². The molecule has 154 valence electrons. The molecule has 1 aromatic heterocycles. The van der Waals surface area contributed by atoms with Crippen LogP contribution in [0.4, 0.5) is 0 Å². The second-order valence-electron chi connectivity index (χ2n) is 7.93. The lowest BCUT2D eigenvalue weighted by molar-refractivity contribution is 0.0697. The van der Waals surface area contributed by atoms with Gasteiger partial charge < -0.3 is 14.4 Å². The SMILES string of the molecule is Cc1cc(C)c2ncn(CC=C3c4ccccc4COc4ccc(C(=O)O)cc43)c2c1. The van der Waals surface area contributed by atoms with Crippen molar-refractivity contribution in [1.82, 2.24) is 9.55 Å². The van der Waals surface area contributed by atoms with Gasteiger partial charge in [0.15, 0.2) is 0 Å². The van der Waals surface area contributed by atoms with Crippen LogP contribution in [0.2, 0.25) is 0 Å². The highest BCUT2D eigenvalue weighted by Crippen LogP contribution is 2.37. The van der Waals surface area contributed by atoms with Gasteiger partial charge in [-0.05, 0) is 65.9 Å². The molecule has 2 heterocycles. The first-order valence-electron chi connectivity index (χ1n) is 10.2. The maximum Gasteiger partial charge on any atom is 0.335 e. The van der Waals surface area contributed by atoms with Crippen LogP contribution in [-0.2, 0) is 13.2 Å². The fraction of sp³-hybridized carbons (Fsp3) is 0.154. The van der Waals surface area contributed by atoms with Crippen molar-refractivity contribution in [3.05, 3.63) is 100 Å². The maximum absolute atomic E-state index is 11.6. The van der Waals surface area contributed by atoms with Crippen LogP contribution >= 0.6 is 0 Å². The van der Waals surface area contributed by atoms with Gasteiger partial charge in [-0.3, -0.25) is 0 Å². The molecular weight excluding hydrogens is 388 g/mol. The summed E-state index contributed by atoms with van der Waals surface area (Å²) in [4.78, 5) is 16.2. The number of fused-ring (bicyclic) bond motifs is 3. The van der Waals surface area contributed by atoms with E-state index in [-0.39, 0.29) is 5.56 Å². The third kappa shape index (κ3) is 3.38. The number of ether oxygens (including phenoxy) is 1.